The normalized spacial score (nSPS) is 12.2. The average Bonchev–Trinajstić information content (AvgIpc) is 2.42. The highest BCUT2D eigenvalue weighted by Gasteiger charge is 2.12. The summed E-state index contributed by atoms with van der Waals surface area (Å²) in [6.07, 6.45) is -0.0946. The Kier molecular flexibility index (Phi) is 4.86. The summed E-state index contributed by atoms with van der Waals surface area (Å²) >= 11 is 9.30. The quantitative estimate of drug-likeness (QED) is 0.894. The van der Waals surface area contributed by atoms with Gasteiger partial charge in [0.15, 0.2) is 0 Å². The predicted molar refractivity (Wildman–Crippen MR) is 80.8 cm³/mol. The maximum absolute atomic E-state index is 10.3. The van der Waals surface area contributed by atoms with Crippen molar-refractivity contribution in [3.63, 3.8) is 0 Å². The van der Waals surface area contributed by atoms with Gasteiger partial charge in [-0.25, -0.2) is 0 Å². The molecule has 0 aliphatic rings. The van der Waals surface area contributed by atoms with Gasteiger partial charge in [-0.3, -0.25) is 0 Å². The molecule has 0 amide bonds. The molecule has 0 spiro atoms. The molecule has 1 atom stereocenters. The van der Waals surface area contributed by atoms with Crippen molar-refractivity contribution in [2.24, 2.45) is 0 Å². The molecule has 0 heterocycles. The third-order valence-electron chi connectivity index (χ3n) is 2.93. The van der Waals surface area contributed by atoms with E-state index in [0.29, 0.717) is 11.4 Å². The second-order valence-electron chi connectivity index (χ2n) is 4.21. The first-order valence-corrected chi connectivity index (χ1v) is 7.04. The van der Waals surface area contributed by atoms with E-state index in [1.165, 1.54) is 0 Å². The van der Waals surface area contributed by atoms with Crippen LogP contribution in [0.25, 0.3) is 0 Å². The fraction of sp³-hybridized carbons (Fsp3) is 0.200. The molecule has 0 aliphatic heterocycles. The van der Waals surface area contributed by atoms with Crippen LogP contribution in [0.5, 0.6) is 5.75 Å². The first-order valence-electron chi connectivity index (χ1n) is 5.86. The smallest absolute Gasteiger partial charge is 0.122 e. The molecule has 2 aromatic carbocycles. The van der Waals surface area contributed by atoms with Gasteiger partial charge in [0.05, 0.1) is 18.2 Å². The van der Waals surface area contributed by atoms with Crippen LogP contribution in [-0.4, -0.2) is 12.2 Å². The van der Waals surface area contributed by atoms with Crippen molar-refractivity contribution in [1.29, 1.82) is 0 Å². The van der Waals surface area contributed by atoms with E-state index in [-0.39, 0.29) is 0 Å². The van der Waals surface area contributed by atoms with E-state index in [0.717, 1.165) is 21.3 Å². The lowest BCUT2D eigenvalue weighted by molar-refractivity contribution is 0.177. The van der Waals surface area contributed by atoms with Crippen molar-refractivity contribution in [2.75, 3.05) is 7.11 Å². The lowest BCUT2D eigenvalue weighted by atomic mass is 10.0. The molecule has 4 heteroatoms. The Labute approximate surface area is 126 Å². The molecule has 0 fully saturated rings. The van der Waals surface area contributed by atoms with Crippen LogP contribution in [0.3, 0.4) is 0 Å². The zero-order valence-electron chi connectivity index (χ0n) is 10.4. The number of aliphatic hydroxyl groups excluding tert-OH is 1. The van der Waals surface area contributed by atoms with Gasteiger partial charge in [-0.05, 0) is 45.3 Å². The van der Waals surface area contributed by atoms with Crippen LogP contribution in [0.1, 0.15) is 17.2 Å². The van der Waals surface area contributed by atoms with Crippen LogP contribution in [0.15, 0.2) is 46.9 Å². The minimum atomic E-state index is -0.593. The molecule has 0 aliphatic carbocycles. The van der Waals surface area contributed by atoms with Crippen molar-refractivity contribution in [1.82, 2.24) is 0 Å². The molecule has 0 saturated heterocycles. The summed E-state index contributed by atoms with van der Waals surface area (Å²) in [5.41, 5.74) is 1.80. The minimum absolute atomic E-state index is 0.498. The van der Waals surface area contributed by atoms with Crippen LogP contribution in [0, 0.1) is 0 Å². The monoisotopic (exact) mass is 340 g/mol. The molecule has 100 valence electrons. The molecule has 0 saturated carbocycles. The lowest BCUT2D eigenvalue weighted by Gasteiger charge is -2.14. The summed E-state index contributed by atoms with van der Waals surface area (Å²) in [7, 11) is 1.63. The van der Waals surface area contributed by atoms with Crippen molar-refractivity contribution < 1.29 is 9.84 Å². The number of benzene rings is 2. The largest absolute Gasteiger partial charge is 0.496 e. The number of rotatable bonds is 4. The molecule has 19 heavy (non-hydrogen) atoms. The Morgan fingerprint density at radius 2 is 2.00 bits per heavy atom. The molecule has 0 bridgehead atoms. The van der Waals surface area contributed by atoms with Gasteiger partial charge in [0.25, 0.3) is 0 Å². The average molecular weight is 342 g/mol. The van der Waals surface area contributed by atoms with E-state index < -0.39 is 6.10 Å². The zero-order chi connectivity index (χ0) is 13.8. The van der Waals surface area contributed by atoms with Crippen LogP contribution in [-0.2, 0) is 6.42 Å². The van der Waals surface area contributed by atoms with E-state index in [4.69, 9.17) is 16.3 Å². The highest BCUT2D eigenvalue weighted by atomic mass is 79.9. The molecule has 2 aromatic rings. The van der Waals surface area contributed by atoms with E-state index in [1.807, 2.05) is 36.4 Å². The van der Waals surface area contributed by atoms with Gasteiger partial charge < -0.3 is 9.84 Å². The molecular weight excluding hydrogens is 328 g/mol. The summed E-state index contributed by atoms with van der Waals surface area (Å²) in [6, 6.07) is 13.1. The molecular formula is C15H14BrClO2. The van der Waals surface area contributed by atoms with E-state index in [9.17, 15) is 5.11 Å². The second-order valence-corrected chi connectivity index (χ2v) is 5.47. The van der Waals surface area contributed by atoms with Gasteiger partial charge >= 0.3 is 0 Å². The first-order chi connectivity index (χ1) is 9.11. The third kappa shape index (κ3) is 3.50. The van der Waals surface area contributed by atoms with Gasteiger partial charge in [-0.2, -0.15) is 0 Å². The summed E-state index contributed by atoms with van der Waals surface area (Å²) < 4.78 is 6.07. The second kappa shape index (κ2) is 6.42. The Morgan fingerprint density at radius 1 is 1.26 bits per heavy atom. The van der Waals surface area contributed by atoms with E-state index >= 15 is 0 Å². The van der Waals surface area contributed by atoms with Gasteiger partial charge in [0.2, 0.25) is 0 Å². The number of methoxy groups -OCH3 is 1. The zero-order valence-corrected chi connectivity index (χ0v) is 12.8. The lowest BCUT2D eigenvalue weighted by Crippen LogP contribution is -2.03. The molecule has 0 aromatic heterocycles. The van der Waals surface area contributed by atoms with E-state index in [1.54, 1.807) is 13.2 Å². The minimum Gasteiger partial charge on any atom is -0.496 e. The molecule has 2 nitrogen and oxygen atoms in total. The van der Waals surface area contributed by atoms with Gasteiger partial charge in [-0.1, -0.05) is 35.9 Å². The first kappa shape index (κ1) is 14.4. The number of hydrogen-bond acceptors (Lipinski definition) is 2. The predicted octanol–water partition coefficient (Wildman–Crippen LogP) is 4.39. The van der Waals surface area contributed by atoms with Gasteiger partial charge in [0.1, 0.15) is 5.75 Å². The SMILES string of the molecule is COc1ccccc1CC(O)c1ccc(Cl)c(Br)c1. The molecule has 0 radical (unpaired) electrons. The van der Waals surface area contributed by atoms with E-state index in [2.05, 4.69) is 15.9 Å². The highest BCUT2D eigenvalue weighted by Crippen LogP contribution is 2.29. The van der Waals surface area contributed by atoms with Crippen molar-refractivity contribution in [2.45, 2.75) is 12.5 Å². The number of halogens is 2. The van der Waals surface area contributed by atoms with Crippen molar-refractivity contribution >= 4 is 27.5 Å². The van der Waals surface area contributed by atoms with Crippen LogP contribution in [0.2, 0.25) is 5.02 Å². The Balaban J connectivity index is 2.20. The summed E-state index contributed by atoms with van der Waals surface area (Å²) in [6.45, 7) is 0. The standard InChI is InChI=1S/C15H14BrClO2/c1-19-15-5-3-2-4-11(15)9-14(18)10-6-7-13(17)12(16)8-10/h2-8,14,18H,9H2,1H3. The Bertz CT molecular complexity index is 572. The van der Waals surface area contributed by atoms with Crippen LogP contribution in [0.4, 0.5) is 0 Å². The topological polar surface area (TPSA) is 29.5 Å². The van der Waals surface area contributed by atoms with Crippen LogP contribution < -0.4 is 4.74 Å². The molecule has 2 rings (SSSR count). The van der Waals surface area contributed by atoms with Crippen molar-refractivity contribution in [3.05, 3.63) is 63.1 Å². The Morgan fingerprint density at radius 3 is 2.68 bits per heavy atom. The maximum Gasteiger partial charge on any atom is 0.122 e. The maximum atomic E-state index is 10.3. The number of hydrogen-bond donors (Lipinski definition) is 1. The molecule has 1 unspecified atom stereocenters. The fourth-order valence-corrected chi connectivity index (χ4v) is 2.43. The fourth-order valence-electron chi connectivity index (χ4n) is 1.92. The summed E-state index contributed by atoms with van der Waals surface area (Å²) in [4.78, 5) is 0. The summed E-state index contributed by atoms with van der Waals surface area (Å²) in [5.74, 6) is 0.787. The highest BCUT2D eigenvalue weighted by molar-refractivity contribution is 9.10. The Hall–Kier alpha value is -1.03. The number of aliphatic hydroxyl groups is 1. The molecule has 1 N–H and O–H groups in total. The summed E-state index contributed by atoms with van der Waals surface area (Å²) in [5, 5.41) is 10.9. The van der Waals surface area contributed by atoms with Gasteiger partial charge in [-0.15, -0.1) is 0 Å². The number of ether oxygens (including phenoxy) is 1. The number of para-hydroxylation sites is 1. The van der Waals surface area contributed by atoms with Gasteiger partial charge in [0, 0.05) is 10.9 Å². The van der Waals surface area contributed by atoms with Crippen molar-refractivity contribution in [3.8, 4) is 5.75 Å². The third-order valence-corrected chi connectivity index (χ3v) is 4.15. The van der Waals surface area contributed by atoms with Crippen LogP contribution >= 0.6 is 27.5 Å².